The zero-order valence-corrected chi connectivity index (χ0v) is 19.0. The fourth-order valence-electron chi connectivity index (χ4n) is 3.23. The van der Waals surface area contributed by atoms with Crippen LogP contribution in [0.15, 0.2) is 42.5 Å². The molecule has 2 aromatic carbocycles. The molecule has 1 saturated heterocycles. The standard InChI is InChI=1S/C20H16Cl3N5O2S/c21-11-3-6-13(7-4-11)24-17(29)19-27-26-18(31-19)16-2-1-9-28(16)20(30)25-15-10-12(22)5-8-14(15)23/h3-8,10,16H,1-2,9H2,(H,24,29)(H,25,30)/t16-/m0/s1. The molecule has 3 amide bonds. The van der Waals surface area contributed by atoms with E-state index in [2.05, 4.69) is 20.8 Å². The fourth-order valence-corrected chi connectivity index (χ4v) is 4.57. The highest BCUT2D eigenvalue weighted by Crippen LogP contribution is 2.35. The number of nitrogens with zero attached hydrogens (tertiary/aromatic N) is 3. The molecule has 1 aromatic heterocycles. The van der Waals surface area contributed by atoms with Crippen molar-refractivity contribution in [1.29, 1.82) is 0 Å². The molecule has 160 valence electrons. The third-order valence-electron chi connectivity index (χ3n) is 4.71. The van der Waals surface area contributed by atoms with Crippen LogP contribution in [-0.4, -0.2) is 33.6 Å². The molecule has 0 bridgehead atoms. The van der Waals surface area contributed by atoms with Gasteiger partial charge >= 0.3 is 6.03 Å². The maximum Gasteiger partial charge on any atom is 0.322 e. The Balaban J connectivity index is 1.45. The summed E-state index contributed by atoms with van der Waals surface area (Å²) in [4.78, 5) is 27.0. The summed E-state index contributed by atoms with van der Waals surface area (Å²) >= 11 is 19.2. The number of amides is 3. The molecule has 0 radical (unpaired) electrons. The van der Waals surface area contributed by atoms with Crippen molar-refractivity contribution in [3.8, 4) is 0 Å². The third-order valence-corrected chi connectivity index (χ3v) is 6.55. The molecule has 1 aliphatic rings. The van der Waals surface area contributed by atoms with Gasteiger partial charge in [0.1, 0.15) is 5.01 Å². The zero-order chi connectivity index (χ0) is 22.0. The fraction of sp³-hybridized carbons (Fsp3) is 0.200. The minimum Gasteiger partial charge on any atom is -0.320 e. The van der Waals surface area contributed by atoms with Crippen molar-refractivity contribution in [3.05, 3.63) is 67.5 Å². The summed E-state index contributed by atoms with van der Waals surface area (Å²) in [5.74, 6) is -0.370. The zero-order valence-electron chi connectivity index (χ0n) is 15.9. The van der Waals surface area contributed by atoms with Crippen LogP contribution in [0.2, 0.25) is 15.1 Å². The van der Waals surface area contributed by atoms with Crippen molar-refractivity contribution >= 4 is 69.5 Å². The summed E-state index contributed by atoms with van der Waals surface area (Å²) in [6.07, 6.45) is 1.54. The topological polar surface area (TPSA) is 87.2 Å². The van der Waals surface area contributed by atoms with Crippen LogP contribution < -0.4 is 10.6 Å². The summed E-state index contributed by atoms with van der Waals surface area (Å²) in [6.45, 7) is 0.556. The number of hydrogen-bond acceptors (Lipinski definition) is 5. The number of halogens is 3. The van der Waals surface area contributed by atoms with E-state index in [-0.39, 0.29) is 23.0 Å². The van der Waals surface area contributed by atoms with Crippen LogP contribution in [0.1, 0.15) is 33.7 Å². The van der Waals surface area contributed by atoms with Crippen LogP contribution in [0, 0.1) is 0 Å². The second-order valence-corrected chi connectivity index (χ2v) is 9.10. The first kappa shape index (κ1) is 21.8. The first-order valence-electron chi connectivity index (χ1n) is 9.34. The van der Waals surface area contributed by atoms with E-state index in [4.69, 9.17) is 34.8 Å². The lowest BCUT2D eigenvalue weighted by atomic mass is 10.2. The van der Waals surface area contributed by atoms with Crippen LogP contribution in [0.25, 0.3) is 0 Å². The SMILES string of the molecule is O=C(Nc1ccc(Cl)cc1)c1nnc([C@@H]2CCCN2C(=O)Nc2cc(Cl)ccc2Cl)s1. The van der Waals surface area contributed by atoms with Gasteiger partial charge in [-0.05, 0) is 55.3 Å². The normalized spacial score (nSPS) is 15.7. The van der Waals surface area contributed by atoms with Crippen LogP contribution in [0.3, 0.4) is 0 Å². The Bertz CT molecular complexity index is 1120. The Kier molecular flexibility index (Phi) is 6.62. The molecule has 0 unspecified atom stereocenters. The highest BCUT2D eigenvalue weighted by molar-refractivity contribution is 7.13. The lowest BCUT2D eigenvalue weighted by molar-refractivity contribution is 0.102. The van der Waals surface area contributed by atoms with E-state index < -0.39 is 0 Å². The number of nitrogens with one attached hydrogen (secondary N) is 2. The van der Waals surface area contributed by atoms with Crippen LogP contribution in [0.4, 0.5) is 16.2 Å². The van der Waals surface area contributed by atoms with Crippen molar-refractivity contribution in [2.24, 2.45) is 0 Å². The maximum atomic E-state index is 12.9. The number of benzene rings is 2. The molecule has 31 heavy (non-hydrogen) atoms. The Hall–Kier alpha value is -2.39. The molecule has 2 N–H and O–H groups in total. The number of aromatic nitrogens is 2. The lowest BCUT2D eigenvalue weighted by Gasteiger charge is -2.23. The largest absolute Gasteiger partial charge is 0.322 e. The first-order chi connectivity index (χ1) is 14.9. The molecule has 7 nitrogen and oxygen atoms in total. The minimum atomic E-state index is -0.370. The molecule has 0 saturated carbocycles. The number of rotatable bonds is 4. The molecular weight excluding hydrogens is 481 g/mol. The smallest absolute Gasteiger partial charge is 0.320 e. The highest BCUT2D eigenvalue weighted by atomic mass is 35.5. The van der Waals surface area contributed by atoms with Gasteiger partial charge in [-0.15, -0.1) is 10.2 Å². The van der Waals surface area contributed by atoms with Crippen molar-refractivity contribution in [2.45, 2.75) is 18.9 Å². The van der Waals surface area contributed by atoms with Gasteiger partial charge in [-0.1, -0.05) is 46.1 Å². The third kappa shape index (κ3) is 5.10. The van der Waals surface area contributed by atoms with Gasteiger partial charge in [0.2, 0.25) is 5.01 Å². The monoisotopic (exact) mass is 495 g/mol. The van der Waals surface area contributed by atoms with E-state index in [1.165, 1.54) is 0 Å². The van der Waals surface area contributed by atoms with Crippen molar-refractivity contribution in [2.75, 3.05) is 17.2 Å². The maximum absolute atomic E-state index is 12.9. The average molecular weight is 497 g/mol. The average Bonchev–Trinajstić information content (AvgIpc) is 3.42. The number of hydrogen-bond donors (Lipinski definition) is 2. The Morgan fingerprint density at radius 1 is 1.00 bits per heavy atom. The molecule has 1 fully saturated rings. The second-order valence-electron chi connectivity index (χ2n) is 6.81. The number of urea groups is 1. The summed E-state index contributed by atoms with van der Waals surface area (Å²) in [5.41, 5.74) is 1.04. The summed E-state index contributed by atoms with van der Waals surface area (Å²) in [5, 5.41) is 16.0. The van der Waals surface area contributed by atoms with Crippen LogP contribution in [-0.2, 0) is 0 Å². The van der Waals surface area contributed by atoms with Gasteiger partial charge in [-0.25, -0.2) is 4.79 Å². The predicted octanol–water partition coefficient (Wildman–Crippen LogP) is 6.12. The Morgan fingerprint density at radius 3 is 2.52 bits per heavy atom. The van der Waals surface area contributed by atoms with Gasteiger partial charge in [-0.3, -0.25) is 4.79 Å². The van der Waals surface area contributed by atoms with Gasteiger partial charge in [0.15, 0.2) is 0 Å². The van der Waals surface area contributed by atoms with E-state index in [1.807, 2.05) is 0 Å². The van der Waals surface area contributed by atoms with Crippen molar-refractivity contribution in [3.63, 3.8) is 0 Å². The molecule has 4 rings (SSSR count). The molecule has 0 spiro atoms. The van der Waals surface area contributed by atoms with Crippen LogP contribution >= 0.6 is 46.1 Å². The molecule has 1 atom stereocenters. The van der Waals surface area contributed by atoms with E-state index in [0.29, 0.717) is 38.0 Å². The Morgan fingerprint density at radius 2 is 1.74 bits per heavy atom. The highest BCUT2D eigenvalue weighted by Gasteiger charge is 2.33. The van der Waals surface area contributed by atoms with E-state index >= 15 is 0 Å². The van der Waals surface area contributed by atoms with Crippen molar-refractivity contribution < 1.29 is 9.59 Å². The van der Waals surface area contributed by atoms with Gasteiger partial charge < -0.3 is 15.5 Å². The molecule has 0 aliphatic carbocycles. The van der Waals surface area contributed by atoms with Gasteiger partial charge in [-0.2, -0.15) is 0 Å². The lowest BCUT2D eigenvalue weighted by Crippen LogP contribution is -2.34. The Labute approximate surface area is 197 Å². The van der Waals surface area contributed by atoms with E-state index in [9.17, 15) is 9.59 Å². The quantitative estimate of drug-likeness (QED) is 0.455. The summed E-state index contributed by atoms with van der Waals surface area (Å²) in [7, 11) is 0. The minimum absolute atomic E-state index is 0.218. The van der Waals surface area contributed by atoms with Crippen molar-refractivity contribution in [1.82, 2.24) is 15.1 Å². The molecule has 1 aliphatic heterocycles. The first-order valence-corrected chi connectivity index (χ1v) is 11.3. The number of carbonyl (C=O) groups is 2. The predicted molar refractivity (Wildman–Crippen MR) is 123 cm³/mol. The number of carbonyl (C=O) groups excluding carboxylic acids is 2. The van der Waals surface area contributed by atoms with E-state index in [1.54, 1.807) is 47.4 Å². The number of anilines is 2. The number of likely N-dealkylation sites (tertiary alicyclic amines) is 1. The van der Waals surface area contributed by atoms with Crippen LogP contribution in [0.5, 0.6) is 0 Å². The second kappa shape index (κ2) is 9.40. The van der Waals surface area contributed by atoms with E-state index in [0.717, 1.165) is 24.2 Å². The summed E-state index contributed by atoms with van der Waals surface area (Å²) < 4.78 is 0. The van der Waals surface area contributed by atoms with Gasteiger partial charge in [0, 0.05) is 22.3 Å². The van der Waals surface area contributed by atoms with Gasteiger partial charge in [0.25, 0.3) is 5.91 Å². The molecule has 3 aromatic rings. The molecule has 11 heteroatoms. The molecular formula is C20H16Cl3N5O2S. The summed E-state index contributed by atoms with van der Waals surface area (Å²) in [6, 6.07) is 11.1. The van der Waals surface area contributed by atoms with Gasteiger partial charge in [0.05, 0.1) is 16.8 Å². The molecule has 2 heterocycles.